The summed E-state index contributed by atoms with van der Waals surface area (Å²) in [5.74, 6) is 0.491. The van der Waals surface area contributed by atoms with Gasteiger partial charge in [0.2, 0.25) is 0 Å². The maximum absolute atomic E-state index is 12.8. The summed E-state index contributed by atoms with van der Waals surface area (Å²) in [5, 5.41) is 2.98. The first-order chi connectivity index (χ1) is 13.3. The lowest BCUT2D eigenvalue weighted by Crippen LogP contribution is -2.37. The zero-order valence-corrected chi connectivity index (χ0v) is 14.8. The fourth-order valence-corrected chi connectivity index (χ4v) is 3.08. The molecule has 1 aromatic heterocycles. The maximum Gasteiger partial charge on any atom is 0.274 e. The summed E-state index contributed by atoms with van der Waals surface area (Å²) in [6, 6.07) is 19.4. The summed E-state index contributed by atoms with van der Waals surface area (Å²) in [5.41, 5.74) is 3.11. The zero-order valence-electron chi connectivity index (χ0n) is 14.8. The molecular weight excluding hydrogens is 340 g/mol. The maximum atomic E-state index is 12.8. The van der Waals surface area contributed by atoms with Crippen molar-refractivity contribution in [3.63, 3.8) is 0 Å². The van der Waals surface area contributed by atoms with Crippen LogP contribution in [-0.2, 0) is 4.74 Å². The van der Waals surface area contributed by atoms with E-state index < -0.39 is 0 Å². The van der Waals surface area contributed by atoms with E-state index in [1.165, 1.54) is 6.33 Å². The molecule has 136 valence electrons. The zero-order chi connectivity index (χ0) is 18.5. The smallest absolute Gasteiger partial charge is 0.274 e. The number of nitrogens with one attached hydrogen (secondary N) is 1. The molecule has 1 fully saturated rings. The Kier molecular flexibility index (Phi) is 5.07. The third-order valence-corrected chi connectivity index (χ3v) is 4.48. The molecule has 1 saturated heterocycles. The highest BCUT2D eigenvalue weighted by Crippen LogP contribution is 2.28. The minimum absolute atomic E-state index is 0.254. The number of para-hydroxylation sites is 1. The lowest BCUT2D eigenvalue weighted by Gasteiger charge is -2.27. The van der Waals surface area contributed by atoms with E-state index in [0.29, 0.717) is 18.9 Å². The monoisotopic (exact) mass is 360 g/mol. The van der Waals surface area contributed by atoms with Crippen LogP contribution in [0.15, 0.2) is 67.0 Å². The van der Waals surface area contributed by atoms with Gasteiger partial charge < -0.3 is 15.0 Å². The summed E-state index contributed by atoms with van der Waals surface area (Å²) in [6.07, 6.45) is 1.43. The van der Waals surface area contributed by atoms with Crippen LogP contribution in [-0.4, -0.2) is 42.2 Å². The standard InChI is InChI=1S/C21H20N4O2/c26-21(19-14-20(23-15-22-19)25-10-12-27-13-11-25)24-18-9-5-4-8-17(18)16-6-2-1-3-7-16/h1-9,14-15H,10-13H2,(H,24,26). The van der Waals surface area contributed by atoms with Gasteiger partial charge in [0.05, 0.1) is 13.2 Å². The molecule has 0 spiro atoms. The van der Waals surface area contributed by atoms with E-state index in [1.807, 2.05) is 54.6 Å². The van der Waals surface area contributed by atoms with Crippen LogP contribution >= 0.6 is 0 Å². The van der Waals surface area contributed by atoms with Gasteiger partial charge in [-0.2, -0.15) is 0 Å². The van der Waals surface area contributed by atoms with E-state index in [1.54, 1.807) is 6.07 Å². The van der Waals surface area contributed by atoms with E-state index in [9.17, 15) is 4.79 Å². The Bertz CT molecular complexity index is 924. The molecule has 1 aliphatic heterocycles. The fraction of sp³-hybridized carbons (Fsp3) is 0.190. The van der Waals surface area contributed by atoms with E-state index >= 15 is 0 Å². The first-order valence-corrected chi connectivity index (χ1v) is 8.92. The highest BCUT2D eigenvalue weighted by atomic mass is 16.5. The topological polar surface area (TPSA) is 67.4 Å². The molecule has 0 bridgehead atoms. The predicted molar refractivity (Wildman–Crippen MR) is 105 cm³/mol. The van der Waals surface area contributed by atoms with Gasteiger partial charge in [-0.1, -0.05) is 48.5 Å². The highest BCUT2D eigenvalue weighted by Gasteiger charge is 2.16. The van der Waals surface area contributed by atoms with Crippen LogP contribution < -0.4 is 10.2 Å². The molecule has 0 atom stereocenters. The quantitative estimate of drug-likeness (QED) is 0.774. The molecule has 3 aromatic rings. The second-order valence-electron chi connectivity index (χ2n) is 6.23. The highest BCUT2D eigenvalue weighted by molar-refractivity contribution is 6.05. The van der Waals surface area contributed by atoms with E-state index in [-0.39, 0.29) is 5.91 Å². The third kappa shape index (κ3) is 3.96. The molecule has 1 aliphatic rings. The van der Waals surface area contributed by atoms with Crippen molar-refractivity contribution in [3.8, 4) is 11.1 Å². The van der Waals surface area contributed by atoms with E-state index in [0.717, 1.165) is 35.7 Å². The normalized spacial score (nSPS) is 14.0. The summed E-state index contributed by atoms with van der Waals surface area (Å²) in [7, 11) is 0. The van der Waals surface area contributed by atoms with Crippen LogP contribution in [0.5, 0.6) is 0 Å². The van der Waals surface area contributed by atoms with Gasteiger partial charge in [-0.25, -0.2) is 9.97 Å². The van der Waals surface area contributed by atoms with Crippen LogP contribution in [0.2, 0.25) is 0 Å². The number of benzene rings is 2. The Morgan fingerprint density at radius 3 is 2.52 bits per heavy atom. The Morgan fingerprint density at radius 1 is 0.963 bits per heavy atom. The fourth-order valence-electron chi connectivity index (χ4n) is 3.08. The van der Waals surface area contributed by atoms with Crippen LogP contribution in [0.1, 0.15) is 10.5 Å². The molecule has 4 rings (SSSR count). The lowest BCUT2D eigenvalue weighted by atomic mass is 10.0. The van der Waals surface area contributed by atoms with Gasteiger partial charge in [0, 0.05) is 30.4 Å². The van der Waals surface area contributed by atoms with Gasteiger partial charge >= 0.3 is 0 Å². The second kappa shape index (κ2) is 7.97. The SMILES string of the molecule is O=C(Nc1ccccc1-c1ccccc1)c1cc(N2CCOCC2)ncn1. The molecule has 1 N–H and O–H groups in total. The van der Waals surface area contributed by atoms with Crippen LogP contribution in [0, 0.1) is 0 Å². The van der Waals surface area contributed by atoms with Crippen molar-refractivity contribution in [2.45, 2.75) is 0 Å². The van der Waals surface area contributed by atoms with Crippen molar-refractivity contribution in [3.05, 3.63) is 72.7 Å². The molecule has 0 aliphatic carbocycles. The number of morpholine rings is 1. The minimum Gasteiger partial charge on any atom is -0.378 e. The number of hydrogen-bond donors (Lipinski definition) is 1. The first kappa shape index (κ1) is 17.2. The number of nitrogens with zero attached hydrogens (tertiary/aromatic N) is 3. The van der Waals surface area contributed by atoms with Crippen LogP contribution in [0.3, 0.4) is 0 Å². The average Bonchev–Trinajstić information content (AvgIpc) is 2.75. The van der Waals surface area contributed by atoms with Crippen molar-refractivity contribution in [2.75, 3.05) is 36.5 Å². The molecular formula is C21H20N4O2. The van der Waals surface area contributed by atoms with Crippen molar-refractivity contribution in [2.24, 2.45) is 0 Å². The molecule has 0 radical (unpaired) electrons. The molecule has 0 saturated carbocycles. The summed E-state index contributed by atoms with van der Waals surface area (Å²) < 4.78 is 5.37. The number of carbonyl (C=O) groups is 1. The van der Waals surface area contributed by atoms with Crippen molar-refractivity contribution in [1.29, 1.82) is 0 Å². The van der Waals surface area contributed by atoms with Gasteiger partial charge in [0.15, 0.2) is 0 Å². The van der Waals surface area contributed by atoms with Crippen LogP contribution in [0.4, 0.5) is 11.5 Å². The van der Waals surface area contributed by atoms with Gasteiger partial charge in [-0.3, -0.25) is 4.79 Å². The van der Waals surface area contributed by atoms with Gasteiger partial charge in [-0.05, 0) is 11.6 Å². The summed E-state index contributed by atoms with van der Waals surface area (Å²) in [6.45, 7) is 2.84. The lowest BCUT2D eigenvalue weighted by molar-refractivity contribution is 0.102. The molecule has 2 heterocycles. The largest absolute Gasteiger partial charge is 0.378 e. The Hall–Kier alpha value is -3.25. The average molecular weight is 360 g/mol. The first-order valence-electron chi connectivity index (χ1n) is 8.92. The van der Waals surface area contributed by atoms with Crippen molar-refractivity contribution in [1.82, 2.24) is 9.97 Å². The number of amides is 1. The predicted octanol–water partition coefficient (Wildman–Crippen LogP) is 3.23. The van der Waals surface area contributed by atoms with Gasteiger partial charge in [0.1, 0.15) is 17.8 Å². The molecule has 6 nitrogen and oxygen atoms in total. The Morgan fingerprint density at radius 2 is 1.70 bits per heavy atom. The summed E-state index contributed by atoms with van der Waals surface area (Å²) in [4.78, 5) is 23.3. The van der Waals surface area contributed by atoms with Crippen molar-refractivity contribution < 1.29 is 9.53 Å². The van der Waals surface area contributed by atoms with E-state index in [2.05, 4.69) is 20.2 Å². The molecule has 6 heteroatoms. The van der Waals surface area contributed by atoms with E-state index in [4.69, 9.17) is 4.74 Å². The number of anilines is 2. The molecule has 2 aromatic carbocycles. The molecule has 1 amide bonds. The van der Waals surface area contributed by atoms with Gasteiger partial charge in [-0.15, -0.1) is 0 Å². The number of hydrogen-bond acceptors (Lipinski definition) is 5. The molecule has 27 heavy (non-hydrogen) atoms. The van der Waals surface area contributed by atoms with Crippen LogP contribution in [0.25, 0.3) is 11.1 Å². The Balaban J connectivity index is 1.57. The third-order valence-electron chi connectivity index (χ3n) is 4.48. The number of aromatic nitrogens is 2. The number of carbonyl (C=O) groups excluding carboxylic acids is 1. The van der Waals surface area contributed by atoms with Crippen molar-refractivity contribution >= 4 is 17.4 Å². The van der Waals surface area contributed by atoms with Gasteiger partial charge in [0.25, 0.3) is 5.91 Å². The summed E-state index contributed by atoms with van der Waals surface area (Å²) >= 11 is 0. The minimum atomic E-state index is -0.254. The second-order valence-corrected chi connectivity index (χ2v) is 6.23. The number of ether oxygens (including phenoxy) is 1. The number of rotatable bonds is 4. The molecule has 0 unspecified atom stereocenters. The Labute approximate surface area is 157 Å².